The summed E-state index contributed by atoms with van der Waals surface area (Å²) in [6.45, 7) is 3.46. The predicted molar refractivity (Wildman–Crippen MR) is 137 cm³/mol. The number of methoxy groups -OCH3 is 1. The van der Waals surface area contributed by atoms with E-state index >= 15 is 0 Å². The van der Waals surface area contributed by atoms with Crippen molar-refractivity contribution < 1.29 is 43.5 Å². The van der Waals surface area contributed by atoms with E-state index in [2.05, 4.69) is 21.9 Å². The third kappa shape index (κ3) is 9.09. The Hall–Kier alpha value is -4.49. The molecule has 0 radical (unpaired) electrons. The van der Waals surface area contributed by atoms with Gasteiger partial charge in [0.05, 0.1) is 12.0 Å². The zero-order chi connectivity index (χ0) is 28.9. The topological polar surface area (TPSA) is 194 Å². The van der Waals surface area contributed by atoms with E-state index in [0.717, 1.165) is 6.08 Å². The minimum absolute atomic E-state index is 0.0348. The molecule has 3 amide bonds. The number of ether oxygens (including phenoxy) is 2. The van der Waals surface area contributed by atoms with Gasteiger partial charge < -0.3 is 30.1 Å². The summed E-state index contributed by atoms with van der Waals surface area (Å²) in [6.07, 6.45) is 2.73. The number of carboxylic acids is 1. The molecule has 3 N–H and O–H groups in total. The summed E-state index contributed by atoms with van der Waals surface area (Å²) in [5.74, 6) is -3.08. The number of rotatable bonds is 16. The summed E-state index contributed by atoms with van der Waals surface area (Å²) in [4.78, 5) is 71.6. The number of nitrogens with zero attached hydrogens (tertiary/aromatic N) is 2. The van der Waals surface area contributed by atoms with Crippen LogP contribution in [0.1, 0.15) is 44.1 Å². The zero-order valence-electron chi connectivity index (χ0n) is 21.6. The van der Waals surface area contributed by atoms with Gasteiger partial charge in [-0.05, 0) is 37.8 Å². The van der Waals surface area contributed by atoms with Crippen LogP contribution in [0.2, 0.25) is 0 Å². The number of carbonyl (C=O) groups excluding carboxylic acids is 4. The number of nitrogens with one attached hydrogen (secondary N) is 2. The second kappa shape index (κ2) is 15.1. The van der Waals surface area contributed by atoms with Crippen molar-refractivity contribution >= 4 is 41.0 Å². The Bertz CT molecular complexity index is 1120. The lowest BCUT2D eigenvalue weighted by atomic mass is 10.1. The van der Waals surface area contributed by atoms with Gasteiger partial charge in [-0.25, -0.2) is 9.59 Å². The molecule has 0 fully saturated rings. The number of nitro benzene ring substituents is 1. The second-order valence-corrected chi connectivity index (χ2v) is 8.63. The van der Waals surface area contributed by atoms with Crippen molar-refractivity contribution in [3.8, 4) is 5.75 Å². The van der Waals surface area contributed by atoms with Crippen LogP contribution in [-0.4, -0.2) is 72.5 Å². The molecule has 14 heteroatoms. The number of unbranched alkanes of at least 4 members (excludes halogenated alkanes) is 2. The predicted octanol–water partition coefficient (Wildman–Crippen LogP) is 1.25. The lowest BCUT2D eigenvalue weighted by molar-refractivity contribution is -0.384. The maximum absolute atomic E-state index is 13.0. The van der Waals surface area contributed by atoms with E-state index in [4.69, 9.17) is 4.74 Å². The van der Waals surface area contributed by atoms with Crippen LogP contribution in [0.15, 0.2) is 24.8 Å². The largest absolute Gasteiger partial charge is 0.482 e. The fourth-order valence-corrected chi connectivity index (χ4v) is 4.01. The van der Waals surface area contributed by atoms with Crippen LogP contribution >= 0.6 is 0 Å². The lowest BCUT2D eigenvalue weighted by Gasteiger charge is -2.20. The molecule has 0 saturated heterocycles. The molecule has 212 valence electrons. The Morgan fingerprint density at radius 2 is 1.95 bits per heavy atom. The molecule has 2 rings (SSSR count). The van der Waals surface area contributed by atoms with Crippen molar-refractivity contribution in [2.45, 2.75) is 51.0 Å². The van der Waals surface area contributed by atoms with Gasteiger partial charge >= 0.3 is 11.9 Å². The Kier molecular flexibility index (Phi) is 11.9. The van der Waals surface area contributed by atoms with Gasteiger partial charge in [0.1, 0.15) is 17.5 Å². The summed E-state index contributed by atoms with van der Waals surface area (Å²) >= 11 is 0. The fourth-order valence-electron chi connectivity index (χ4n) is 4.01. The molecule has 1 aromatic carbocycles. The monoisotopic (exact) mass is 548 g/mol. The Morgan fingerprint density at radius 1 is 1.21 bits per heavy atom. The highest BCUT2D eigenvalue weighted by Crippen LogP contribution is 2.42. The maximum atomic E-state index is 13.0. The molecular weight excluding hydrogens is 516 g/mol. The summed E-state index contributed by atoms with van der Waals surface area (Å²) < 4.78 is 9.96. The van der Waals surface area contributed by atoms with E-state index in [1.807, 2.05) is 0 Å². The number of amides is 3. The minimum atomic E-state index is -1.32. The first-order valence-electron chi connectivity index (χ1n) is 12.3. The first-order valence-corrected chi connectivity index (χ1v) is 12.3. The highest BCUT2D eigenvalue weighted by atomic mass is 16.6. The number of fused-ring (bicyclic) bond motifs is 1. The normalized spacial score (nSPS) is 12.6. The average Bonchev–Trinajstić information content (AvgIpc) is 3.36. The quantitative estimate of drug-likeness (QED) is 0.0889. The van der Waals surface area contributed by atoms with Gasteiger partial charge in [-0.3, -0.25) is 24.5 Å². The molecule has 1 atom stereocenters. The average molecular weight is 549 g/mol. The van der Waals surface area contributed by atoms with Crippen molar-refractivity contribution in [3.63, 3.8) is 0 Å². The fraction of sp³-hybridized carbons (Fsp3) is 0.480. The number of anilines is 1. The van der Waals surface area contributed by atoms with Gasteiger partial charge in [0.25, 0.3) is 5.69 Å². The molecular formula is C25H32N4O10. The molecule has 0 bridgehead atoms. The molecule has 0 saturated carbocycles. The molecule has 0 spiro atoms. The van der Waals surface area contributed by atoms with Gasteiger partial charge in [0.15, 0.2) is 6.61 Å². The first kappa shape index (κ1) is 30.7. The standard InChI is InChI=1S/C25H32N4O10/c1-3-20(30)26-13-6-4-5-7-21(31)27-17(25(34)35)8-11-22(32)28-14-12-16-19(39-15-23(33)38-2)10-9-18(24(16)28)29(36)37/h3,9-10,17H,1,4-8,11-15H2,2H3,(H,26,30)(H,27,31)(H,34,35)/t17-/m0/s1. The van der Waals surface area contributed by atoms with Crippen LogP contribution in [0.25, 0.3) is 0 Å². The van der Waals surface area contributed by atoms with E-state index < -0.39 is 41.3 Å². The number of carbonyl (C=O) groups is 5. The van der Waals surface area contributed by atoms with Crippen LogP contribution in [0, 0.1) is 10.1 Å². The molecule has 1 heterocycles. The molecule has 1 aliphatic rings. The van der Waals surface area contributed by atoms with Crippen molar-refractivity contribution in [2.24, 2.45) is 0 Å². The highest BCUT2D eigenvalue weighted by molar-refractivity contribution is 5.99. The summed E-state index contributed by atoms with van der Waals surface area (Å²) in [5, 5.41) is 26.2. The maximum Gasteiger partial charge on any atom is 0.343 e. The number of benzene rings is 1. The van der Waals surface area contributed by atoms with Gasteiger partial charge in [-0.15, -0.1) is 0 Å². The molecule has 0 unspecified atom stereocenters. The third-order valence-electron chi connectivity index (χ3n) is 5.99. The highest BCUT2D eigenvalue weighted by Gasteiger charge is 2.35. The molecule has 39 heavy (non-hydrogen) atoms. The van der Waals surface area contributed by atoms with E-state index in [0.29, 0.717) is 31.4 Å². The SMILES string of the molecule is C=CC(=O)NCCCCCC(=O)N[C@@H](CCC(=O)N1CCc2c(OCC(=O)OC)ccc([N+](=O)[O-])c21)C(=O)O. The number of hydrogen-bond acceptors (Lipinski definition) is 9. The first-order chi connectivity index (χ1) is 18.6. The van der Waals surface area contributed by atoms with Crippen LogP contribution < -0.4 is 20.3 Å². The second-order valence-electron chi connectivity index (χ2n) is 8.63. The van der Waals surface area contributed by atoms with E-state index in [9.17, 15) is 39.2 Å². The molecule has 0 aliphatic carbocycles. The van der Waals surface area contributed by atoms with Crippen molar-refractivity contribution in [1.29, 1.82) is 0 Å². The Morgan fingerprint density at radius 3 is 2.59 bits per heavy atom. The molecule has 1 aliphatic heterocycles. The Balaban J connectivity index is 1.96. The Labute approximate surface area is 224 Å². The summed E-state index contributed by atoms with van der Waals surface area (Å²) in [5.41, 5.74) is 0.0922. The van der Waals surface area contributed by atoms with Crippen LogP contribution in [-0.2, 0) is 35.1 Å². The zero-order valence-corrected chi connectivity index (χ0v) is 21.6. The van der Waals surface area contributed by atoms with Crippen LogP contribution in [0.5, 0.6) is 5.75 Å². The van der Waals surface area contributed by atoms with E-state index in [1.165, 1.54) is 24.1 Å². The van der Waals surface area contributed by atoms with Crippen LogP contribution in [0.4, 0.5) is 11.4 Å². The van der Waals surface area contributed by atoms with Crippen LogP contribution in [0.3, 0.4) is 0 Å². The van der Waals surface area contributed by atoms with E-state index in [1.54, 1.807) is 0 Å². The van der Waals surface area contributed by atoms with Crippen molar-refractivity contribution in [3.05, 3.63) is 40.5 Å². The van der Waals surface area contributed by atoms with Gasteiger partial charge in [0.2, 0.25) is 17.7 Å². The lowest BCUT2D eigenvalue weighted by Crippen LogP contribution is -2.42. The van der Waals surface area contributed by atoms with Gasteiger partial charge in [0, 0.05) is 37.6 Å². The number of hydrogen-bond donors (Lipinski definition) is 3. The van der Waals surface area contributed by atoms with Gasteiger partial charge in [-0.1, -0.05) is 13.0 Å². The summed E-state index contributed by atoms with van der Waals surface area (Å²) in [6, 6.07) is 1.20. The minimum Gasteiger partial charge on any atom is -0.482 e. The van der Waals surface area contributed by atoms with Crippen molar-refractivity contribution in [2.75, 3.05) is 31.7 Å². The number of nitro groups is 1. The third-order valence-corrected chi connectivity index (χ3v) is 5.99. The number of esters is 1. The molecule has 0 aromatic heterocycles. The van der Waals surface area contributed by atoms with Crippen molar-refractivity contribution in [1.82, 2.24) is 10.6 Å². The molecule has 14 nitrogen and oxygen atoms in total. The number of aliphatic carboxylic acids is 1. The summed E-state index contributed by atoms with van der Waals surface area (Å²) in [7, 11) is 1.19. The van der Waals surface area contributed by atoms with Gasteiger partial charge in [-0.2, -0.15) is 0 Å². The van der Waals surface area contributed by atoms with E-state index in [-0.39, 0.29) is 55.3 Å². The smallest absolute Gasteiger partial charge is 0.343 e. The molecule has 1 aromatic rings. The number of carboxylic acid groups (broad SMARTS) is 1.